The summed E-state index contributed by atoms with van der Waals surface area (Å²) in [6.45, 7) is 2.06. The lowest BCUT2D eigenvalue weighted by atomic mass is 10.1. The van der Waals surface area contributed by atoms with Gasteiger partial charge in [-0.05, 0) is 43.4 Å². The van der Waals surface area contributed by atoms with Crippen LogP contribution in [0.2, 0.25) is 0 Å². The van der Waals surface area contributed by atoms with E-state index >= 15 is 0 Å². The molecule has 8 heteroatoms. The van der Waals surface area contributed by atoms with E-state index in [4.69, 9.17) is 0 Å². The number of rotatable bonds is 8. The summed E-state index contributed by atoms with van der Waals surface area (Å²) in [7, 11) is 0. The molecular formula is C20H19N3O3S2. The molecule has 0 aliphatic heterocycles. The van der Waals surface area contributed by atoms with Gasteiger partial charge in [0.2, 0.25) is 5.91 Å². The van der Waals surface area contributed by atoms with E-state index in [1.807, 2.05) is 5.38 Å². The van der Waals surface area contributed by atoms with Crippen molar-refractivity contribution in [1.29, 1.82) is 0 Å². The van der Waals surface area contributed by atoms with Crippen molar-refractivity contribution in [2.24, 2.45) is 0 Å². The van der Waals surface area contributed by atoms with Gasteiger partial charge in [0.1, 0.15) is 0 Å². The summed E-state index contributed by atoms with van der Waals surface area (Å²) in [5.41, 5.74) is 2.73. The minimum atomic E-state index is -0.437. The Hall–Kier alpha value is -2.71. The van der Waals surface area contributed by atoms with Crippen molar-refractivity contribution in [3.8, 4) is 11.3 Å². The number of aryl methyl sites for hydroxylation is 1. The Morgan fingerprint density at radius 3 is 2.57 bits per heavy atom. The van der Waals surface area contributed by atoms with Gasteiger partial charge in [0.25, 0.3) is 5.69 Å². The van der Waals surface area contributed by atoms with E-state index in [0.29, 0.717) is 17.2 Å². The van der Waals surface area contributed by atoms with E-state index in [-0.39, 0.29) is 11.6 Å². The van der Waals surface area contributed by atoms with Crippen LogP contribution in [0, 0.1) is 17.0 Å². The van der Waals surface area contributed by atoms with Gasteiger partial charge < -0.3 is 5.32 Å². The standard InChI is InChI=1S/C20H19N3O3S2/c1-14-4-10-17(11-5-14)27-12-2-3-19(24)22-20-21-18(13-28-20)15-6-8-16(9-7-15)23(25)26/h4-11,13H,2-3,12H2,1H3,(H,21,22,24). The number of nitro benzene ring substituents is 1. The number of thioether (sulfide) groups is 1. The van der Waals surface area contributed by atoms with Crippen molar-refractivity contribution in [3.63, 3.8) is 0 Å². The Morgan fingerprint density at radius 1 is 1.18 bits per heavy atom. The molecule has 3 rings (SSSR count). The Kier molecular flexibility index (Phi) is 6.78. The van der Waals surface area contributed by atoms with Gasteiger partial charge in [0.05, 0.1) is 10.6 Å². The second-order valence-corrected chi connectivity index (χ2v) is 8.18. The van der Waals surface area contributed by atoms with E-state index in [1.54, 1.807) is 23.9 Å². The first-order chi connectivity index (χ1) is 13.5. The third kappa shape index (κ3) is 5.64. The monoisotopic (exact) mass is 413 g/mol. The number of amides is 1. The zero-order chi connectivity index (χ0) is 19.9. The summed E-state index contributed by atoms with van der Waals surface area (Å²) >= 11 is 3.08. The molecule has 28 heavy (non-hydrogen) atoms. The average molecular weight is 414 g/mol. The first-order valence-electron chi connectivity index (χ1n) is 8.71. The van der Waals surface area contributed by atoms with E-state index < -0.39 is 4.92 Å². The molecule has 1 amide bonds. The number of anilines is 1. The minimum Gasteiger partial charge on any atom is -0.302 e. The Balaban J connectivity index is 1.45. The van der Waals surface area contributed by atoms with Crippen LogP contribution in [0.3, 0.4) is 0 Å². The number of hydrogen-bond acceptors (Lipinski definition) is 6. The number of carbonyl (C=O) groups excluding carboxylic acids is 1. The average Bonchev–Trinajstić information content (AvgIpc) is 3.15. The molecule has 3 aromatic rings. The van der Waals surface area contributed by atoms with Crippen LogP contribution in [0.1, 0.15) is 18.4 Å². The van der Waals surface area contributed by atoms with Gasteiger partial charge in [-0.25, -0.2) is 4.98 Å². The van der Waals surface area contributed by atoms with E-state index in [1.165, 1.54) is 33.9 Å². The highest BCUT2D eigenvalue weighted by molar-refractivity contribution is 7.99. The fourth-order valence-electron chi connectivity index (χ4n) is 2.46. The number of non-ortho nitro benzene ring substituents is 1. The number of nitro groups is 1. The SMILES string of the molecule is Cc1ccc(SCCCC(=O)Nc2nc(-c3ccc([N+](=O)[O-])cc3)cs2)cc1. The molecular weight excluding hydrogens is 394 g/mol. The van der Waals surface area contributed by atoms with Gasteiger partial charge in [-0.1, -0.05) is 17.7 Å². The van der Waals surface area contributed by atoms with E-state index in [9.17, 15) is 14.9 Å². The molecule has 0 saturated carbocycles. The Morgan fingerprint density at radius 2 is 1.89 bits per heavy atom. The van der Waals surface area contributed by atoms with Crippen LogP contribution in [0.25, 0.3) is 11.3 Å². The Labute approximate surface area is 171 Å². The fourth-order valence-corrected chi connectivity index (χ4v) is 4.05. The highest BCUT2D eigenvalue weighted by Crippen LogP contribution is 2.26. The molecule has 0 radical (unpaired) electrons. The zero-order valence-corrected chi connectivity index (χ0v) is 16.9. The summed E-state index contributed by atoms with van der Waals surface area (Å²) in [6, 6.07) is 14.5. The van der Waals surface area contributed by atoms with E-state index in [0.717, 1.165) is 17.7 Å². The third-order valence-electron chi connectivity index (χ3n) is 3.96. The number of thiazole rings is 1. The number of nitrogens with one attached hydrogen (secondary N) is 1. The Bertz CT molecular complexity index is 954. The van der Waals surface area contributed by atoms with Crippen LogP contribution in [0.4, 0.5) is 10.8 Å². The second-order valence-electron chi connectivity index (χ2n) is 6.16. The molecule has 0 spiro atoms. The van der Waals surface area contributed by atoms with E-state index in [2.05, 4.69) is 41.5 Å². The number of aromatic nitrogens is 1. The predicted octanol–water partition coefficient (Wildman–Crippen LogP) is 5.54. The maximum absolute atomic E-state index is 12.1. The molecule has 0 aliphatic carbocycles. The smallest absolute Gasteiger partial charge is 0.269 e. The first-order valence-corrected chi connectivity index (χ1v) is 10.6. The van der Waals surface area contributed by atoms with Crippen molar-refractivity contribution in [2.75, 3.05) is 11.1 Å². The molecule has 1 heterocycles. The van der Waals surface area contributed by atoms with Gasteiger partial charge in [-0.2, -0.15) is 0 Å². The van der Waals surface area contributed by atoms with Gasteiger partial charge >= 0.3 is 0 Å². The van der Waals surface area contributed by atoms with Crippen molar-refractivity contribution >= 4 is 39.8 Å². The quantitative estimate of drug-likeness (QED) is 0.227. The van der Waals surface area contributed by atoms with Crippen LogP contribution in [-0.2, 0) is 4.79 Å². The molecule has 6 nitrogen and oxygen atoms in total. The largest absolute Gasteiger partial charge is 0.302 e. The molecule has 2 aromatic carbocycles. The number of nitrogens with zero attached hydrogens (tertiary/aromatic N) is 2. The molecule has 0 fully saturated rings. The van der Waals surface area contributed by atoms with Gasteiger partial charge in [0.15, 0.2) is 5.13 Å². The van der Waals surface area contributed by atoms with Crippen LogP contribution in [0.15, 0.2) is 58.8 Å². The van der Waals surface area contributed by atoms with Gasteiger partial charge in [-0.15, -0.1) is 23.1 Å². The molecule has 0 atom stereocenters. The fraction of sp³-hybridized carbons (Fsp3) is 0.200. The summed E-state index contributed by atoms with van der Waals surface area (Å²) in [6.07, 6.45) is 1.22. The van der Waals surface area contributed by atoms with Crippen LogP contribution < -0.4 is 5.32 Å². The summed E-state index contributed by atoms with van der Waals surface area (Å²) in [5.74, 6) is 0.816. The van der Waals surface area contributed by atoms with Crippen molar-refractivity contribution in [3.05, 3.63) is 69.6 Å². The third-order valence-corrected chi connectivity index (χ3v) is 5.82. The number of carbonyl (C=O) groups is 1. The topological polar surface area (TPSA) is 85.1 Å². The first kappa shape index (κ1) is 20.0. The van der Waals surface area contributed by atoms with Gasteiger partial charge in [0, 0.05) is 34.4 Å². The summed E-state index contributed by atoms with van der Waals surface area (Å²) in [5, 5.41) is 15.9. The lowest BCUT2D eigenvalue weighted by molar-refractivity contribution is -0.384. The maximum Gasteiger partial charge on any atom is 0.269 e. The van der Waals surface area contributed by atoms with Crippen molar-refractivity contribution < 1.29 is 9.72 Å². The lowest BCUT2D eigenvalue weighted by Gasteiger charge is -2.03. The van der Waals surface area contributed by atoms with Crippen molar-refractivity contribution in [2.45, 2.75) is 24.7 Å². The summed E-state index contributed by atoms with van der Waals surface area (Å²) in [4.78, 5) is 28.0. The minimum absolute atomic E-state index is 0.0380. The molecule has 0 aliphatic rings. The molecule has 0 unspecified atom stereocenters. The molecule has 1 N–H and O–H groups in total. The zero-order valence-electron chi connectivity index (χ0n) is 15.3. The molecule has 144 valence electrons. The summed E-state index contributed by atoms with van der Waals surface area (Å²) < 4.78 is 0. The molecule has 0 saturated heterocycles. The highest BCUT2D eigenvalue weighted by Gasteiger charge is 2.10. The van der Waals surface area contributed by atoms with Crippen LogP contribution in [-0.4, -0.2) is 21.6 Å². The highest BCUT2D eigenvalue weighted by atomic mass is 32.2. The second kappa shape index (κ2) is 9.48. The number of benzene rings is 2. The maximum atomic E-state index is 12.1. The van der Waals surface area contributed by atoms with Gasteiger partial charge in [-0.3, -0.25) is 14.9 Å². The molecule has 1 aromatic heterocycles. The normalized spacial score (nSPS) is 10.6. The number of hydrogen-bond donors (Lipinski definition) is 1. The predicted molar refractivity (Wildman–Crippen MR) is 114 cm³/mol. The van der Waals surface area contributed by atoms with Crippen LogP contribution in [0.5, 0.6) is 0 Å². The lowest BCUT2D eigenvalue weighted by Crippen LogP contribution is -2.11. The van der Waals surface area contributed by atoms with Crippen molar-refractivity contribution in [1.82, 2.24) is 4.98 Å². The van der Waals surface area contributed by atoms with Crippen LogP contribution >= 0.6 is 23.1 Å². The molecule has 0 bridgehead atoms.